The van der Waals surface area contributed by atoms with E-state index in [1.807, 2.05) is 11.8 Å². The smallest absolute Gasteiger partial charge is 0.221 e. The van der Waals surface area contributed by atoms with Crippen molar-refractivity contribution < 1.29 is 4.79 Å². The molecule has 5 heteroatoms. The molecule has 2 N–H and O–H groups in total. The van der Waals surface area contributed by atoms with E-state index in [0.717, 1.165) is 37.7 Å². The van der Waals surface area contributed by atoms with Crippen LogP contribution in [-0.2, 0) is 11.3 Å². The van der Waals surface area contributed by atoms with Crippen LogP contribution in [0.1, 0.15) is 25.3 Å². The van der Waals surface area contributed by atoms with Crippen LogP contribution in [0.5, 0.6) is 0 Å². The maximum Gasteiger partial charge on any atom is 0.221 e. The molecule has 2 aliphatic heterocycles. The van der Waals surface area contributed by atoms with E-state index in [1.54, 1.807) is 0 Å². The Bertz CT molecular complexity index is 519. The topological polar surface area (TPSA) is 44.4 Å². The van der Waals surface area contributed by atoms with Crippen molar-refractivity contribution in [3.8, 4) is 0 Å². The van der Waals surface area contributed by atoms with Gasteiger partial charge in [0.25, 0.3) is 0 Å². The zero-order valence-corrected chi connectivity index (χ0v) is 15.4. The summed E-state index contributed by atoms with van der Waals surface area (Å²) in [6.07, 6.45) is 1.78. The minimum atomic E-state index is 0.198. The van der Waals surface area contributed by atoms with E-state index in [2.05, 4.69) is 52.8 Å². The molecule has 0 saturated carbocycles. The highest BCUT2D eigenvalue weighted by Gasteiger charge is 2.28. The van der Waals surface area contributed by atoms with Gasteiger partial charge in [-0.05, 0) is 31.4 Å². The fourth-order valence-electron chi connectivity index (χ4n) is 3.66. The SMILES string of the molecule is CC(NC(=O)CC1CSCCN1)C1CCN(Cc2ccccc2)C1. The Morgan fingerprint density at radius 1 is 1.42 bits per heavy atom. The Hall–Kier alpha value is -1.04. The molecular weight excluding hydrogens is 318 g/mol. The number of benzene rings is 1. The second-order valence-electron chi connectivity index (χ2n) is 7.06. The van der Waals surface area contributed by atoms with E-state index in [0.29, 0.717) is 18.4 Å². The van der Waals surface area contributed by atoms with Crippen LogP contribution in [-0.4, -0.2) is 54.0 Å². The normalized spacial score (nSPS) is 26.2. The van der Waals surface area contributed by atoms with Crippen molar-refractivity contribution in [2.45, 2.75) is 38.4 Å². The summed E-state index contributed by atoms with van der Waals surface area (Å²) in [7, 11) is 0. The maximum atomic E-state index is 12.3. The van der Waals surface area contributed by atoms with E-state index in [-0.39, 0.29) is 11.9 Å². The van der Waals surface area contributed by atoms with Gasteiger partial charge in [-0.1, -0.05) is 30.3 Å². The first kappa shape index (κ1) is 17.8. The Morgan fingerprint density at radius 3 is 3.00 bits per heavy atom. The fraction of sp³-hybridized carbons (Fsp3) is 0.632. The zero-order chi connectivity index (χ0) is 16.8. The van der Waals surface area contributed by atoms with Crippen LogP contribution in [0.4, 0.5) is 0 Å². The predicted molar refractivity (Wildman–Crippen MR) is 101 cm³/mol. The third-order valence-corrected chi connectivity index (χ3v) is 6.21. The Kier molecular flexibility index (Phi) is 6.58. The van der Waals surface area contributed by atoms with Gasteiger partial charge in [-0.3, -0.25) is 9.69 Å². The van der Waals surface area contributed by atoms with Gasteiger partial charge in [-0.2, -0.15) is 11.8 Å². The number of carbonyl (C=O) groups excluding carboxylic acids is 1. The number of rotatable bonds is 6. The van der Waals surface area contributed by atoms with Crippen LogP contribution in [0.15, 0.2) is 30.3 Å². The number of nitrogens with one attached hydrogen (secondary N) is 2. The summed E-state index contributed by atoms with van der Waals surface area (Å²) in [5.41, 5.74) is 1.37. The molecule has 0 aromatic heterocycles. The summed E-state index contributed by atoms with van der Waals surface area (Å²) in [6.45, 7) is 6.41. The van der Waals surface area contributed by atoms with Gasteiger partial charge in [0.05, 0.1) is 0 Å². The first-order chi connectivity index (χ1) is 11.7. The lowest BCUT2D eigenvalue weighted by atomic mass is 10.0. The molecule has 132 valence electrons. The average Bonchev–Trinajstić information content (AvgIpc) is 3.05. The maximum absolute atomic E-state index is 12.3. The van der Waals surface area contributed by atoms with Gasteiger partial charge in [-0.25, -0.2) is 0 Å². The van der Waals surface area contributed by atoms with Gasteiger partial charge >= 0.3 is 0 Å². The lowest BCUT2D eigenvalue weighted by molar-refractivity contribution is -0.122. The van der Waals surface area contributed by atoms with E-state index >= 15 is 0 Å². The molecule has 2 heterocycles. The summed E-state index contributed by atoms with van der Waals surface area (Å²) in [4.78, 5) is 14.8. The van der Waals surface area contributed by atoms with Gasteiger partial charge in [0.15, 0.2) is 0 Å². The molecule has 24 heavy (non-hydrogen) atoms. The Balaban J connectivity index is 1.40. The monoisotopic (exact) mass is 347 g/mol. The number of amides is 1. The summed E-state index contributed by atoms with van der Waals surface area (Å²) >= 11 is 1.94. The van der Waals surface area contributed by atoms with Crippen molar-refractivity contribution in [1.29, 1.82) is 0 Å². The second kappa shape index (κ2) is 8.88. The highest BCUT2D eigenvalue weighted by Crippen LogP contribution is 2.22. The summed E-state index contributed by atoms with van der Waals surface area (Å²) in [5, 5.41) is 6.68. The van der Waals surface area contributed by atoms with E-state index in [1.165, 1.54) is 12.0 Å². The number of nitrogens with zero attached hydrogens (tertiary/aromatic N) is 1. The molecule has 1 amide bonds. The molecule has 1 aromatic rings. The quantitative estimate of drug-likeness (QED) is 0.827. The first-order valence-corrected chi connectivity index (χ1v) is 10.2. The van der Waals surface area contributed by atoms with Crippen LogP contribution in [0, 0.1) is 5.92 Å². The third-order valence-electron chi connectivity index (χ3n) is 5.08. The van der Waals surface area contributed by atoms with Crippen molar-refractivity contribution in [1.82, 2.24) is 15.5 Å². The molecule has 1 aromatic carbocycles. The van der Waals surface area contributed by atoms with Gasteiger partial charge in [0.1, 0.15) is 0 Å². The van der Waals surface area contributed by atoms with Gasteiger partial charge in [0, 0.05) is 49.6 Å². The highest BCUT2D eigenvalue weighted by molar-refractivity contribution is 7.99. The highest BCUT2D eigenvalue weighted by atomic mass is 32.2. The number of carbonyl (C=O) groups is 1. The standard InChI is InChI=1S/C19H29N3OS/c1-15(21-19(23)11-18-14-24-10-8-20-18)17-7-9-22(13-17)12-16-5-3-2-4-6-16/h2-6,15,17-18,20H,7-14H2,1H3,(H,21,23). The van der Waals surface area contributed by atoms with Crippen molar-refractivity contribution >= 4 is 17.7 Å². The van der Waals surface area contributed by atoms with Crippen LogP contribution >= 0.6 is 11.8 Å². The fourth-order valence-corrected chi connectivity index (χ4v) is 4.61. The molecule has 3 unspecified atom stereocenters. The van der Waals surface area contributed by atoms with Crippen molar-refractivity contribution in [3.05, 3.63) is 35.9 Å². The first-order valence-electron chi connectivity index (χ1n) is 9.07. The zero-order valence-electron chi connectivity index (χ0n) is 14.5. The van der Waals surface area contributed by atoms with E-state index < -0.39 is 0 Å². The minimum Gasteiger partial charge on any atom is -0.353 e. The number of likely N-dealkylation sites (tertiary alicyclic amines) is 1. The summed E-state index contributed by atoms with van der Waals surface area (Å²) in [6, 6.07) is 11.2. The molecule has 4 nitrogen and oxygen atoms in total. The lowest BCUT2D eigenvalue weighted by Gasteiger charge is -2.25. The average molecular weight is 348 g/mol. The molecular formula is C19H29N3OS. The van der Waals surface area contributed by atoms with Crippen LogP contribution in [0.25, 0.3) is 0 Å². The molecule has 2 fully saturated rings. The van der Waals surface area contributed by atoms with E-state index in [4.69, 9.17) is 0 Å². The van der Waals surface area contributed by atoms with E-state index in [9.17, 15) is 4.79 Å². The van der Waals surface area contributed by atoms with Crippen molar-refractivity contribution in [2.24, 2.45) is 5.92 Å². The largest absolute Gasteiger partial charge is 0.353 e. The Labute approximate surface area is 149 Å². The molecule has 2 aliphatic rings. The predicted octanol–water partition coefficient (Wildman–Crippen LogP) is 2.11. The van der Waals surface area contributed by atoms with Gasteiger partial charge < -0.3 is 10.6 Å². The molecule has 0 aliphatic carbocycles. The number of thioether (sulfide) groups is 1. The second-order valence-corrected chi connectivity index (χ2v) is 8.21. The van der Waals surface area contributed by atoms with Gasteiger partial charge in [0.2, 0.25) is 5.91 Å². The van der Waals surface area contributed by atoms with Gasteiger partial charge in [-0.15, -0.1) is 0 Å². The van der Waals surface area contributed by atoms with Crippen LogP contribution < -0.4 is 10.6 Å². The van der Waals surface area contributed by atoms with Crippen LogP contribution in [0.3, 0.4) is 0 Å². The molecule has 0 bridgehead atoms. The Morgan fingerprint density at radius 2 is 2.25 bits per heavy atom. The number of hydrogen-bond acceptors (Lipinski definition) is 4. The lowest BCUT2D eigenvalue weighted by Crippen LogP contribution is -2.45. The van der Waals surface area contributed by atoms with Crippen LogP contribution in [0.2, 0.25) is 0 Å². The summed E-state index contributed by atoms with van der Waals surface area (Å²) < 4.78 is 0. The molecule has 0 radical (unpaired) electrons. The third kappa shape index (κ3) is 5.23. The summed E-state index contributed by atoms with van der Waals surface area (Å²) in [5.74, 6) is 2.97. The van der Waals surface area contributed by atoms with Crippen molar-refractivity contribution in [3.63, 3.8) is 0 Å². The van der Waals surface area contributed by atoms with Crippen molar-refractivity contribution in [2.75, 3.05) is 31.1 Å². The molecule has 3 atom stereocenters. The number of hydrogen-bond donors (Lipinski definition) is 2. The molecule has 2 saturated heterocycles. The molecule has 0 spiro atoms. The molecule has 3 rings (SSSR count). The minimum absolute atomic E-state index is 0.198.